The molecular formula is C19H19FN2S. The van der Waals surface area contributed by atoms with Crippen LogP contribution >= 0.6 is 11.3 Å². The molecule has 1 N–H and O–H groups in total. The first-order chi connectivity index (χ1) is 11.2. The molecule has 0 unspecified atom stereocenters. The van der Waals surface area contributed by atoms with Gasteiger partial charge < -0.3 is 5.32 Å². The first-order valence-electron chi connectivity index (χ1n) is 7.67. The Hall–Kier alpha value is -2.04. The molecular weight excluding hydrogens is 307 g/mol. The van der Waals surface area contributed by atoms with Gasteiger partial charge in [0.15, 0.2) is 0 Å². The molecule has 0 fully saturated rings. The number of aromatic nitrogens is 1. The smallest absolute Gasteiger partial charge is 0.123 e. The number of halogens is 1. The van der Waals surface area contributed by atoms with Crippen LogP contribution in [-0.2, 0) is 13.0 Å². The second kappa shape index (κ2) is 7.49. The van der Waals surface area contributed by atoms with Gasteiger partial charge in [-0.3, -0.25) is 0 Å². The molecule has 0 spiro atoms. The molecule has 1 heterocycles. The molecule has 0 aliphatic rings. The maximum Gasteiger partial charge on any atom is 0.123 e. The highest BCUT2D eigenvalue weighted by Gasteiger charge is 2.04. The van der Waals surface area contributed by atoms with Gasteiger partial charge in [-0.15, -0.1) is 11.3 Å². The van der Waals surface area contributed by atoms with Crippen LogP contribution in [-0.4, -0.2) is 11.5 Å². The predicted octanol–water partition coefficient (Wildman–Crippen LogP) is 4.59. The van der Waals surface area contributed by atoms with Crippen molar-refractivity contribution in [2.45, 2.75) is 19.9 Å². The summed E-state index contributed by atoms with van der Waals surface area (Å²) in [6, 6.07) is 15.1. The van der Waals surface area contributed by atoms with E-state index >= 15 is 0 Å². The van der Waals surface area contributed by atoms with E-state index in [4.69, 9.17) is 0 Å². The quantitative estimate of drug-likeness (QED) is 0.670. The molecule has 0 saturated carbocycles. The molecule has 0 atom stereocenters. The Balaban J connectivity index is 1.49. The average molecular weight is 326 g/mol. The van der Waals surface area contributed by atoms with E-state index in [1.54, 1.807) is 11.3 Å². The van der Waals surface area contributed by atoms with E-state index in [1.165, 1.54) is 17.7 Å². The molecule has 2 aromatic carbocycles. The van der Waals surface area contributed by atoms with E-state index < -0.39 is 0 Å². The Morgan fingerprint density at radius 3 is 2.52 bits per heavy atom. The van der Waals surface area contributed by atoms with E-state index in [9.17, 15) is 4.39 Å². The van der Waals surface area contributed by atoms with Crippen molar-refractivity contribution in [3.05, 3.63) is 76.5 Å². The van der Waals surface area contributed by atoms with Gasteiger partial charge in [0.2, 0.25) is 0 Å². The van der Waals surface area contributed by atoms with Gasteiger partial charge in [-0.1, -0.05) is 42.0 Å². The summed E-state index contributed by atoms with van der Waals surface area (Å²) in [5, 5.41) is 6.54. The first-order valence-corrected chi connectivity index (χ1v) is 8.55. The summed E-state index contributed by atoms with van der Waals surface area (Å²) in [6.07, 6.45) is 0.884. The molecule has 3 rings (SSSR count). The number of nitrogens with one attached hydrogen (secondary N) is 1. The molecule has 23 heavy (non-hydrogen) atoms. The van der Waals surface area contributed by atoms with Gasteiger partial charge in [-0.2, -0.15) is 0 Å². The minimum Gasteiger partial charge on any atom is -0.311 e. The lowest BCUT2D eigenvalue weighted by Gasteiger charge is -2.03. The van der Waals surface area contributed by atoms with Crippen molar-refractivity contribution >= 4 is 11.3 Å². The Bertz CT molecular complexity index is 748. The third-order valence-corrected chi connectivity index (χ3v) is 4.60. The number of benzene rings is 2. The highest BCUT2D eigenvalue weighted by molar-refractivity contribution is 7.13. The maximum absolute atomic E-state index is 12.8. The lowest BCUT2D eigenvalue weighted by atomic mass is 10.1. The Labute approximate surface area is 140 Å². The van der Waals surface area contributed by atoms with Gasteiger partial charge in [0, 0.05) is 17.5 Å². The molecule has 0 radical (unpaired) electrons. The van der Waals surface area contributed by atoms with Crippen LogP contribution in [0.3, 0.4) is 0 Å². The minimum atomic E-state index is -0.187. The van der Waals surface area contributed by atoms with Crippen molar-refractivity contribution in [3.8, 4) is 10.6 Å². The van der Waals surface area contributed by atoms with Gasteiger partial charge in [0.1, 0.15) is 10.8 Å². The zero-order chi connectivity index (χ0) is 16.1. The van der Waals surface area contributed by atoms with Crippen molar-refractivity contribution in [1.29, 1.82) is 0 Å². The lowest BCUT2D eigenvalue weighted by Crippen LogP contribution is -2.16. The van der Waals surface area contributed by atoms with E-state index in [-0.39, 0.29) is 5.82 Å². The summed E-state index contributed by atoms with van der Waals surface area (Å²) in [5.74, 6) is -0.187. The minimum absolute atomic E-state index is 0.187. The summed E-state index contributed by atoms with van der Waals surface area (Å²) >= 11 is 1.67. The molecule has 0 amide bonds. The Kier molecular flexibility index (Phi) is 5.16. The highest BCUT2D eigenvalue weighted by Crippen LogP contribution is 2.23. The van der Waals surface area contributed by atoms with Crippen LogP contribution in [0.25, 0.3) is 10.6 Å². The van der Waals surface area contributed by atoms with Gasteiger partial charge in [-0.25, -0.2) is 9.37 Å². The van der Waals surface area contributed by atoms with Crippen LogP contribution < -0.4 is 5.32 Å². The second-order valence-corrected chi connectivity index (χ2v) is 6.42. The van der Waals surface area contributed by atoms with E-state index in [0.29, 0.717) is 0 Å². The molecule has 3 aromatic rings. The summed E-state index contributed by atoms with van der Waals surface area (Å²) in [6.45, 7) is 3.69. The summed E-state index contributed by atoms with van der Waals surface area (Å²) in [5.41, 5.74) is 4.62. The van der Waals surface area contributed by atoms with E-state index in [1.807, 2.05) is 12.1 Å². The van der Waals surface area contributed by atoms with Gasteiger partial charge in [-0.05, 0) is 37.6 Å². The van der Waals surface area contributed by atoms with Crippen LogP contribution in [0, 0.1) is 12.7 Å². The number of hydrogen-bond acceptors (Lipinski definition) is 3. The largest absolute Gasteiger partial charge is 0.311 e. The molecule has 0 aliphatic heterocycles. The zero-order valence-corrected chi connectivity index (χ0v) is 13.9. The zero-order valence-electron chi connectivity index (χ0n) is 13.1. The number of thiazole rings is 1. The van der Waals surface area contributed by atoms with Gasteiger partial charge in [0.05, 0.1) is 5.69 Å². The van der Waals surface area contributed by atoms with E-state index in [2.05, 4.69) is 46.9 Å². The SMILES string of the molecule is Cc1ccc(-c2nc(CNCCc3ccc(F)cc3)cs2)cc1. The van der Waals surface area contributed by atoms with Crippen molar-refractivity contribution in [1.82, 2.24) is 10.3 Å². The Morgan fingerprint density at radius 2 is 1.78 bits per heavy atom. The van der Waals surface area contributed by atoms with Crippen molar-refractivity contribution in [3.63, 3.8) is 0 Å². The molecule has 0 bridgehead atoms. The number of aryl methyl sites for hydroxylation is 1. The number of hydrogen-bond donors (Lipinski definition) is 1. The lowest BCUT2D eigenvalue weighted by molar-refractivity contribution is 0.625. The monoisotopic (exact) mass is 326 g/mol. The fourth-order valence-corrected chi connectivity index (χ4v) is 3.14. The molecule has 4 heteroatoms. The topological polar surface area (TPSA) is 24.9 Å². The van der Waals surface area contributed by atoms with E-state index in [0.717, 1.165) is 41.3 Å². The fourth-order valence-electron chi connectivity index (χ4n) is 2.32. The third-order valence-electron chi connectivity index (χ3n) is 3.66. The standard InChI is InChI=1S/C19H19FN2S/c1-14-2-6-16(7-3-14)19-22-18(13-23-19)12-21-11-10-15-4-8-17(20)9-5-15/h2-9,13,21H,10-12H2,1H3. The van der Waals surface area contributed by atoms with Gasteiger partial charge >= 0.3 is 0 Å². The molecule has 118 valence electrons. The molecule has 2 nitrogen and oxygen atoms in total. The maximum atomic E-state index is 12.8. The molecule has 1 aromatic heterocycles. The predicted molar refractivity (Wildman–Crippen MR) is 94.1 cm³/mol. The summed E-state index contributed by atoms with van der Waals surface area (Å²) < 4.78 is 12.8. The normalized spacial score (nSPS) is 10.9. The van der Waals surface area contributed by atoms with Crippen molar-refractivity contribution in [2.75, 3.05) is 6.54 Å². The molecule has 0 aliphatic carbocycles. The third kappa shape index (κ3) is 4.47. The number of rotatable bonds is 6. The summed E-state index contributed by atoms with van der Waals surface area (Å²) in [4.78, 5) is 4.67. The van der Waals surface area contributed by atoms with Crippen molar-refractivity contribution < 1.29 is 4.39 Å². The fraction of sp³-hybridized carbons (Fsp3) is 0.211. The van der Waals surface area contributed by atoms with Crippen LogP contribution in [0.4, 0.5) is 4.39 Å². The number of nitrogens with zero attached hydrogens (tertiary/aromatic N) is 1. The van der Waals surface area contributed by atoms with Crippen LogP contribution in [0.2, 0.25) is 0 Å². The van der Waals surface area contributed by atoms with Crippen molar-refractivity contribution in [2.24, 2.45) is 0 Å². The average Bonchev–Trinajstić information content (AvgIpc) is 3.03. The van der Waals surface area contributed by atoms with Crippen LogP contribution in [0.1, 0.15) is 16.8 Å². The van der Waals surface area contributed by atoms with Crippen LogP contribution in [0.5, 0.6) is 0 Å². The second-order valence-electron chi connectivity index (χ2n) is 5.56. The molecule has 0 saturated heterocycles. The van der Waals surface area contributed by atoms with Crippen LogP contribution in [0.15, 0.2) is 53.9 Å². The summed E-state index contributed by atoms with van der Waals surface area (Å²) in [7, 11) is 0. The first kappa shape index (κ1) is 15.8. The highest BCUT2D eigenvalue weighted by atomic mass is 32.1. The Morgan fingerprint density at radius 1 is 1.04 bits per heavy atom. The van der Waals surface area contributed by atoms with Gasteiger partial charge in [0.25, 0.3) is 0 Å².